The van der Waals surface area contributed by atoms with Crippen LogP contribution in [0.3, 0.4) is 0 Å². The quantitative estimate of drug-likeness (QED) is 0.743. The predicted molar refractivity (Wildman–Crippen MR) is 63.1 cm³/mol. The van der Waals surface area contributed by atoms with Crippen LogP contribution in [0.5, 0.6) is 0 Å². The van der Waals surface area contributed by atoms with Crippen LogP contribution >= 0.6 is 0 Å². The average Bonchev–Trinajstić information content (AvgIpc) is 2.23. The van der Waals surface area contributed by atoms with Crippen LogP contribution < -0.4 is 5.73 Å². The fourth-order valence-electron chi connectivity index (χ4n) is 1.57. The monoisotopic (exact) mass is 201 g/mol. The number of rotatable bonds is 1. The van der Waals surface area contributed by atoms with Gasteiger partial charge in [0.1, 0.15) is 5.84 Å². The molecule has 1 aliphatic heterocycles. The number of benzene rings is 1. The molecule has 1 unspecified atom stereocenters. The molecular formula is C12H15N3. The maximum absolute atomic E-state index is 5.69. The molecule has 2 rings (SSSR count). The van der Waals surface area contributed by atoms with E-state index in [0.29, 0.717) is 11.8 Å². The van der Waals surface area contributed by atoms with Gasteiger partial charge in [0, 0.05) is 12.3 Å². The summed E-state index contributed by atoms with van der Waals surface area (Å²) in [5, 5.41) is 8.11. The molecule has 15 heavy (non-hydrogen) atoms. The average molecular weight is 201 g/mol. The Hall–Kier alpha value is -1.64. The number of aryl methyl sites for hydroxylation is 1. The van der Waals surface area contributed by atoms with Crippen molar-refractivity contribution in [3.8, 4) is 0 Å². The third-order valence-corrected chi connectivity index (χ3v) is 2.68. The van der Waals surface area contributed by atoms with E-state index in [1.807, 2.05) is 0 Å². The summed E-state index contributed by atoms with van der Waals surface area (Å²) in [5.41, 5.74) is 9.11. The van der Waals surface area contributed by atoms with Gasteiger partial charge in [0.05, 0.1) is 5.71 Å². The Balaban J connectivity index is 2.29. The minimum atomic E-state index is 0.291. The summed E-state index contributed by atoms with van der Waals surface area (Å²) in [6, 6.07) is 8.34. The van der Waals surface area contributed by atoms with Gasteiger partial charge in [-0.2, -0.15) is 5.10 Å². The highest BCUT2D eigenvalue weighted by Crippen LogP contribution is 2.16. The summed E-state index contributed by atoms with van der Waals surface area (Å²) >= 11 is 0. The van der Waals surface area contributed by atoms with Crippen LogP contribution in [0.2, 0.25) is 0 Å². The van der Waals surface area contributed by atoms with Crippen LogP contribution in [0.15, 0.2) is 34.5 Å². The lowest BCUT2D eigenvalue weighted by atomic mass is 9.97. The molecular weight excluding hydrogens is 186 g/mol. The van der Waals surface area contributed by atoms with Gasteiger partial charge in [-0.25, -0.2) is 0 Å². The third-order valence-electron chi connectivity index (χ3n) is 2.68. The van der Waals surface area contributed by atoms with Gasteiger partial charge in [-0.15, -0.1) is 5.10 Å². The molecule has 0 saturated heterocycles. The molecule has 0 bridgehead atoms. The number of nitrogens with zero attached hydrogens (tertiary/aromatic N) is 2. The van der Waals surface area contributed by atoms with Crippen molar-refractivity contribution in [1.82, 2.24) is 0 Å². The zero-order valence-electron chi connectivity index (χ0n) is 9.07. The standard InChI is InChI=1S/C12H15N3/c1-8-3-5-10(6-4-8)11-7-9(2)12(13)15-14-11/h3-6,9H,7H2,1-2H3,(H2,13,15). The molecule has 1 aromatic rings. The van der Waals surface area contributed by atoms with Crippen LogP contribution in [0.4, 0.5) is 0 Å². The predicted octanol–water partition coefficient (Wildman–Crippen LogP) is 2.10. The SMILES string of the molecule is Cc1ccc(C2=NN=C(N)C(C)C2)cc1. The van der Waals surface area contributed by atoms with Crippen molar-refractivity contribution in [2.75, 3.05) is 0 Å². The molecule has 0 amide bonds. The Labute approximate surface area is 89.7 Å². The van der Waals surface area contributed by atoms with E-state index in [2.05, 4.69) is 48.3 Å². The highest BCUT2D eigenvalue weighted by atomic mass is 15.2. The lowest BCUT2D eigenvalue weighted by Crippen LogP contribution is -2.26. The maximum Gasteiger partial charge on any atom is 0.125 e. The Kier molecular flexibility index (Phi) is 2.54. The minimum Gasteiger partial charge on any atom is -0.385 e. The van der Waals surface area contributed by atoms with Crippen LogP contribution in [-0.2, 0) is 0 Å². The summed E-state index contributed by atoms with van der Waals surface area (Å²) < 4.78 is 0. The summed E-state index contributed by atoms with van der Waals surface area (Å²) in [6.45, 7) is 4.15. The fraction of sp³-hybridized carbons (Fsp3) is 0.333. The molecule has 0 aromatic heterocycles. The highest BCUT2D eigenvalue weighted by molar-refractivity contribution is 6.04. The zero-order chi connectivity index (χ0) is 10.8. The molecule has 1 aliphatic rings. The second-order valence-electron chi connectivity index (χ2n) is 4.04. The van der Waals surface area contributed by atoms with Crippen LogP contribution in [0, 0.1) is 12.8 Å². The molecule has 1 atom stereocenters. The molecule has 2 N–H and O–H groups in total. The molecule has 0 fully saturated rings. The Morgan fingerprint density at radius 1 is 1.20 bits per heavy atom. The molecule has 0 radical (unpaired) electrons. The van der Waals surface area contributed by atoms with Gasteiger partial charge in [0.25, 0.3) is 0 Å². The van der Waals surface area contributed by atoms with Gasteiger partial charge in [-0.3, -0.25) is 0 Å². The highest BCUT2D eigenvalue weighted by Gasteiger charge is 2.16. The number of amidine groups is 1. The summed E-state index contributed by atoms with van der Waals surface area (Å²) in [5.74, 6) is 0.921. The van der Waals surface area contributed by atoms with E-state index >= 15 is 0 Å². The van der Waals surface area contributed by atoms with Crippen molar-refractivity contribution in [3.05, 3.63) is 35.4 Å². The van der Waals surface area contributed by atoms with Crippen molar-refractivity contribution in [2.45, 2.75) is 20.3 Å². The van der Waals surface area contributed by atoms with E-state index in [4.69, 9.17) is 5.73 Å². The van der Waals surface area contributed by atoms with Gasteiger partial charge < -0.3 is 5.73 Å². The van der Waals surface area contributed by atoms with E-state index in [0.717, 1.165) is 17.7 Å². The number of hydrogen-bond donors (Lipinski definition) is 1. The van der Waals surface area contributed by atoms with Gasteiger partial charge >= 0.3 is 0 Å². The molecule has 0 spiro atoms. The molecule has 0 aliphatic carbocycles. The lowest BCUT2D eigenvalue weighted by Gasteiger charge is -2.16. The topological polar surface area (TPSA) is 50.7 Å². The smallest absolute Gasteiger partial charge is 0.125 e. The first-order valence-corrected chi connectivity index (χ1v) is 5.14. The Morgan fingerprint density at radius 3 is 2.47 bits per heavy atom. The van der Waals surface area contributed by atoms with E-state index in [1.54, 1.807) is 0 Å². The van der Waals surface area contributed by atoms with Crippen molar-refractivity contribution in [1.29, 1.82) is 0 Å². The van der Waals surface area contributed by atoms with Gasteiger partial charge in [0.15, 0.2) is 0 Å². The molecule has 3 heteroatoms. The first-order chi connectivity index (χ1) is 7.16. The molecule has 1 aromatic carbocycles. The maximum atomic E-state index is 5.69. The van der Waals surface area contributed by atoms with Crippen molar-refractivity contribution >= 4 is 11.5 Å². The zero-order valence-corrected chi connectivity index (χ0v) is 9.07. The lowest BCUT2D eigenvalue weighted by molar-refractivity contribution is 0.779. The Bertz CT molecular complexity index is 415. The third kappa shape index (κ3) is 2.06. The van der Waals surface area contributed by atoms with Crippen LogP contribution in [0.1, 0.15) is 24.5 Å². The fourth-order valence-corrected chi connectivity index (χ4v) is 1.57. The van der Waals surface area contributed by atoms with Crippen LogP contribution in [-0.4, -0.2) is 11.5 Å². The van der Waals surface area contributed by atoms with E-state index in [-0.39, 0.29) is 0 Å². The van der Waals surface area contributed by atoms with Gasteiger partial charge in [0.2, 0.25) is 0 Å². The van der Waals surface area contributed by atoms with Gasteiger partial charge in [-0.05, 0) is 12.5 Å². The first kappa shape index (κ1) is 9.90. The van der Waals surface area contributed by atoms with E-state index < -0.39 is 0 Å². The minimum absolute atomic E-state index is 0.291. The van der Waals surface area contributed by atoms with Crippen molar-refractivity contribution < 1.29 is 0 Å². The molecule has 3 nitrogen and oxygen atoms in total. The summed E-state index contributed by atoms with van der Waals surface area (Å²) in [6.07, 6.45) is 0.873. The van der Waals surface area contributed by atoms with E-state index in [9.17, 15) is 0 Å². The molecule has 0 saturated carbocycles. The van der Waals surface area contributed by atoms with E-state index in [1.165, 1.54) is 5.56 Å². The molecule has 78 valence electrons. The largest absolute Gasteiger partial charge is 0.385 e. The number of nitrogens with two attached hydrogens (primary N) is 1. The Morgan fingerprint density at radius 2 is 1.87 bits per heavy atom. The summed E-state index contributed by atoms with van der Waals surface area (Å²) in [7, 11) is 0. The first-order valence-electron chi connectivity index (χ1n) is 5.14. The molecule has 1 heterocycles. The van der Waals surface area contributed by atoms with Crippen LogP contribution in [0.25, 0.3) is 0 Å². The second-order valence-corrected chi connectivity index (χ2v) is 4.04. The van der Waals surface area contributed by atoms with Crippen molar-refractivity contribution in [2.24, 2.45) is 21.9 Å². The normalized spacial score (nSPS) is 20.8. The van der Waals surface area contributed by atoms with Gasteiger partial charge in [-0.1, -0.05) is 36.8 Å². The number of hydrogen-bond acceptors (Lipinski definition) is 3. The second kappa shape index (κ2) is 3.85. The van der Waals surface area contributed by atoms with Crippen molar-refractivity contribution in [3.63, 3.8) is 0 Å². The summed E-state index contributed by atoms with van der Waals surface area (Å²) in [4.78, 5) is 0.